The van der Waals surface area contributed by atoms with Gasteiger partial charge in [0.2, 0.25) is 0 Å². The van der Waals surface area contributed by atoms with E-state index in [0.29, 0.717) is 24.3 Å². The van der Waals surface area contributed by atoms with Gasteiger partial charge in [-0.05, 0) is 43.1 Å². The lowest BCUT2D eigenvalue weighted by atomic mass is 10.2. The topological polar surface area (TPSA) is 32.3 Å². The van der Waals surface area contributed by atoms with Gasteiger partial charge in [0.25, 0.3) is 0 Å². The second-order valence-corrected chi connectivity index (χ2v) is 5.31. The minimum atomic E-state index is -0.188. The van der Waals surface area contributed by atoms with E-state index in [1.165, 1.54) is 19.3 Å². The van der Waals surface area contributed by atoms with Gasteiger partial charge in [-0.1, -0.05) is 0 Å². The highest BCUT2D eigenvalue weighted by molar-refractivity contribution is 5.74. The molecule has 0 aromatic heterocycles. The molecular formula is C12H17FN2O. The van der Waals surface area contributed by atoms with Gasteiger partial charge in [0, 0.05) is 13.1 Å². The highest BCUT2D eigenvalue weighted by Gasteiger charge is 2.62. The van der Waals surface area contributed by atoms with Crippen LogP contribution in [0.15, 0.2) is 11.9 Å². The van der Waals surface area contributed by atoms with Crippen LogP contribution in [-0.4, -0.2) is 30.6 Å². The highest BCUT2D eigenvalue weighted by Crippen LogP contribution is 2.70. The lowest BCUT2D eigenvalue weighted by molar-refractivity contribution is 0.196. The Morgan fingerprint density at radius 3 is 3.06 bits per heavy atom. The van der Waals surface area contributed by atoms with Crippen LogP contribution in [0.4, 0.5) is 9.18 Å². The van der Waals surface area contributed by atoms with E-state index in [1.54, 1.807) is 11.0 Å². The Hall–Kier alpha value is -1.06. The van der Waals surface area contributed by atoms with Gasteiger partial charge in [0.15, 0.2) is 0 Å². The number of hydrogen-bond donors (Lipinski definition) is 1. The molecule has 3 aliphatic rings. The molecule has 1 atom stereocenters. The van der Waals surface area contributed by atoms with Gasteiger partial charge in [-0.2, -0.15) is 0 Å². The smallest absolute Gasteiger partial charge is 0.317 e. The minimum absolute atomic E-state index is 0.106. The maximum atomic E-state index is 13.0. The molecule has 2 amide bonds. The number of carbonyl (C=O) groups is 1. The molecule has 1 heterocycles. The Balaban J connectivity index is 1.44. The first kappa shape index (κ1) is 10.1. The molecule has 1 spiro atoms. The predicted octanol–water partition coefficient (Wildman–Crippen LogP) is 2.06. The molecule has 0 aromatic rings. The maximum Gasteiger partial charge on any atom is 0.317 e. The number of rotatable bonds is 2. The van der Waals surface area contributed by atoms with E-state index in [4.69, 9.17) is 0 Å². The second kappa shape index (κ2) is 3.47. The molecule has 0 saturated heterocycles. The fourth-order valence-corrected chi connectivity index (χ4v) is 2.69. The molecule has 0 bridgehead atoms. The van der Waals surface area contributed by atoms with Crippen LogP contribution in [0.25, 0.3) is 0 Å². The molecule has 0 radical (unpaired) electrons. The molecule has 2 saturated carbocycles. The van der Waals surface area contributed by atoms with Crippen LogP contribution in [0.3, 0.4) is 0 Å². The summed E-state index contributed by atoms with van der Waals surface area (Å²) in [5, 5.41) is 2.92. The summed E-state index contributed by atoms with van der Waals surface area (Å²) in [6.45, 7) is 1.55. The van der Waals surface area contributed by atoms with Crippen molar-refractivity contribution < 1.29 is 9.18 Å². The zero-order valence-corrected chi connectivity index (χ0v) is 9.34. The summed E-state index contributed by atoms with van der Waals surface area (Å²) in [6.07, 6.45) is 6.15. The summed E-state index contributed by atoms with van der Waals surface area (Å²) in [5.74, 6) is 0.508. The zero-order chi connectivity index (χ0) is 11.2. The first-order chi connectivity index (χ1) is 7.70. The summed E-state index contributed by atoms with van der Waals surface area (Å²) >= 11 is 0. The standard InChI is InChI=1S/C12H17FN2O/c13-10-2-1-5-15(8-10)11(16)14-7-9-6-12(9)3-4-12/h2,9H,1,3-8H2,(H,14,16)/t9-/m1/s1. The first-order valence-electron chi connectivity index (χ1n) is 6.07. The van der Waals surface area contributed by atoms with E-state index in [-0.39, 0.29) is 18.4 Å². The number of halogens is 1. The van der Waals surface area contributed by atoms with Crippen LogP contribution in [-0.2, 0) is 0 Å². The van der Waals surface area contributed by atoms with Crippen molar-refractivity contribution in [2.24, 2.45) is 11.3 Å². The largest absolute Gasteiger partial charge is 0.338 e. The summed E-state index contributed by atoms with van der Waals surface area (Å²) in [7, 11) is 0. The van der Waals surface area contributed by atoms with Crippen LogP contribution in [0.5, 0.6) is 0 Å². The van der Waals surface area contributed by atoms with Gasteiger partial charge in [0.1, 0.15) is 5.83 Å². The summed E-state index contributed by atoms with van der Waals surface area (Å²) < 4.78 is 13.0. The van der Waals surface area contributed by atoms with Crippen molar-refractivity contribution in [3.05, 3.63) is 11.9 Å². The molecule has 1 aliphatic heterocycles. The van der Waals surface area contributed by atoms with E-state index < -0.39 is 0 Å². The third-order valence-corrected chi connectivity index (χ3v) is 4.14. The van der Waals surface area contributed by atoms with E-state index in [1.807, 2.05) is 0 Å². The number of carbonyl (C=O) groups excluding carboxylic acids is 1. The second-order valence-electron chi connectivity index (χ2n) is 5.31. The Labute approximate surface area is 94.7 Å². The van der Waals surface area contributed by atoms with Gasteiger partial charge >= 0.3 is 6.03 Å². The lowest BCUT2D eigenvalue weighted by Crippen LogP contribution is -2.43. The van der Waals surface area contributed by atoms with Crippen molar-refractivity contribution >= 4 is 6.03 Å². The van der Waals surface area contributed by atoms with Crippen LogP contribution in [0.1, 0.15) is 25.7 Å². The van der Waals surface area contributed by atoms with E-state index in [2.05, 4.69) is 5.32 Å². The Morgan fingerprint density at radius 1 is 1.62 bits per heavy atom. The SMILES string of the molecule is O=C(NC[C@H]1CC12CC2)N1CCC=C(F)C1. The maximum absolute atomic E-state index is 13.0. The zero-order valence-electron chi connectivity index (χ0n) is 9.34. The van der Waals surface area contributed by atoms with Crippen molar-refractivity contribution in [1.29, 1.82) is 0 Å². The lowest BCUT2D eigenvalue weighted by Gasteiger charge is -2.24. The summed E-state index contributed by atoms with van der Waals surface area (Å²) in [6, 6.07) is -0.106. The third-order valence-electron chi connectivity index (χ3n) is 4.14. The Morgan fingerprint density at radius 2 is 2.44 bits per heavy atom. The van der Waals surface area contributed by atoms with E-state index in [0.717, 1.165) is 6.54 Å². The fourth-order valence-electron chi connectivity index (χ4n) is 2.69. The number of amides is 2. The van der Waals surface area contributed by atoms with Crippen LogP contribution in [0, 0.1) is 11.3 Å². The summed E-state index contributed by atoms with van der Waals surface area (Å²) in [5.41, 5.74) is 0.625. The minimum Gasteiger partial charge on any atom is -0.338 e. The molecule has 1 N–H and O–H groups in total. The van der Waals surface area contributed by atoms with Crippen LogP contribution >= 0.6 is 0 Å². The monoisotopic (exact) mass is 224 g/mol. The number of nitrogens with one attached hydrogen (secondary N) is 1. The highest BCUT2D eigenvalue weighted by atomic mass is 19.1. The van der Waals surface area contributed by atoms with E-state index >= 15 is 0 Å². The first-order valence-corrected chi connectivity index (χ1v) is 6.07. The number of nitrogens with zero attached hydrogens (tertiary/aromatic N) is 1. The average Bonchev–Trinajstić information content (AvgIpc) is 3.17. The Kier molecular flexibility index (Phi) is 2.19. The van der Waals surface area contributed by atoms with Gasteiger partial charge in [0.05, 0.1) is 6.54 Å². The molecule has 4 heteroatoms. The molecule has 3 nitrogen and oxygen atoms in total. The van der Waals surface area contributed by atoms with Crippen molar-refractivity contribution in [1.82, 2.24) is 10.2 Å². The quantitative estimate of drug-likeness (QED) is 0.765. The van der Waals surface area contributed by atoms with Crippen LogP contribution < -0.4 is 5.32 Å². The van der Waals surface area contributed by atoms with Gasteiger partial charge in [-0.25, -0.2) is 9.18 Å². The summed E-state index contributed by atoms with van der Waals surface area (Å²) in [4.78, 5) is 13.3. The van der Waals surface area contributed by atoms with Gasteiger partial charge in [-0.3, -0.25) is 0 Å². The average molecular weight is 224 g/mol. The molecule has 3 rings (SSSR count). The molecule has 0 aromatic carbocycles. The Bertz CT molecular complexity index is 349. The molecule has 0 unspecified atom stereocenters. The van der Waals surface area contributed by atoms with Crippen LogP contribution in [0.2, 0.25) is 0 Å². The fraction of sp³-hybridized carbons (Fsp3) is 0.750. The molecular weight excluding hydrogens is 207 g/mol. The number of hydrogen-bond acceptors (Lipinski definition) is 1. The molecule has 2 aliphatic carbocycles. The molecule has 2 fully saturated rings. The normalized spacial score (nSPS) is 29.9. The molecule has 16 heavy (non-hydrogen) atoms. The van der Waals surface area contributed by atoms with Gasteiger partial charge < -0.3 is 10.2 Å². The predicted molar refractivity (Wildman–Crippen MR) is 58.6 cm³/mol. The van der Waals surface area contributed by atoms with Crippen molar-refractivity contribution in [3.8, 4) is 0 Å². The van der Waals surface area contributed by atoms with E-state index in [9.17, 15) is 9.18 Å². The van der Waals surface area contributed by atoms with Crippen molar-refractivity contribution in [2.45, 2.75) is 25.7 Å². The molecule has 88 valence electrons. The number of urea groups is 1. The third kappa shape index (κ3) is 1.81. The van der Waals surface area contributed by atoms with Gasteiger partial charge in [-0.15, -0.1) is 0 Å². The van der Waals surface area contributed by atoms with Crippen molar-refractivity contribution in [2.75, 3.05) is 19.6 Å². The van der Waals surface area contributed by atoms with Crippen molar-refractivity contribution in [3.63, 3.8) is 0 Å².